The molecule has 2 heterocycles. The molecule has 1 unspecified atom stereocenters. The summed E-state index contributed by atoms with van der Waals surface area (Å²) in [5.74, 6) is -1.29. The maximum atomic E-state index is 13.1. The second-order valence-electron chi connectivity index (χ2n) is 7.50. The molecule has 2 aromatic carbocycles. The number of imide groups is 1. The van der Waals surface area contributed by atoms with E-state index < -0.39 is 23.8 Å². The lowest BCUT2D eigenvalue weighted by Gasteiger charge is -2.26. The van der Waals surface area contributed by atoms with Gasteiger partial charge in [-0.2, -0.15) is 0 Å². The van der Waals surface area contributed by atoms with Crippen molar-refractivity contribution >= 4 is 34.4 Å². The van der Waals surface area contributed by atoms with Crippen molar-refractivity contribution in [3.8, 4) is 0 Å². The fourth-order valence-electron chi connectivity index (χ4n) is 3.60. The summed E-state index contributed by atoms with van der Waals surface area (Å²) in [6.07, 6.45) is 0.334. The number of carbonyl (C=O) groups excluding carboxylic acids is 3. The molecule has 1 aliphatic heterocycles. The van der Waals surface area contributed by atoms with Crippen LogP contribution in [-0.4, -0.2) is 38.6 Å². The number of benzene rings is 2. The topological polar surface area (TPSA) is 115 Å². The molecule has 8 heteroatoms. The van der Waals surface area contributed by atoms with Crippen LogP contribution >= 0.6 is 0 Å². The lowest BCUT2D eigenvalue weighted by atomic mass is 10.0. The number of aromatic nitrogens is 2. The molecular weight excluding hydrogens is 372 g/mol. The Bertz CT molecular complexity index is 1160. The monoisotopic (exact) mass is 392 g/mol. The molecule has 8 nitrogen and oxygen atoms in total. The Morgan fingerprint density at radius 3 is 2.21 bits per heavy atom. The Balaban J connectivity index is 1.64. The van der Waals surface area contributed by atoms with Crippen molar-refractivity contribution in [1.82, 2.24) is 14.9 Å². The van der Waals surface area contributed by atoms with Gasteiger partial charge in [0.1, 0.15) is 6.04 Å². The van der Waals surface area contributed by atoms with Gasteiger partial charge in [-0.05, 0) is 42.7 Å². The lowest BCUT2D eigenvalue weighted by Crippen LogP contribution is -2.47. The zero-order valence-electron chi connectivity index (χ0n) is 16.0. The Morgan fingerprint density at radius 2 is 1.59 bits per heavy atom. The zero-order valence-corrected chi connectivity index (χ0v) is 16.0. The normalized spacial score (nSPS) is 14.5. The van der Waals surface area contributed by atoms with Crippen LogP contribution in [0.1, 0.15) is 41.0 Å². The number of hydrogen-bond acceptors (Lipinski definition) is 4. The van der Waals surface area contributed by atoms with E-state index in [-0.39, 0.29) is 11.6 Å². The van der Waals surface area contributed by atoms with Crippen molar-refractivity contribution in [2.45, 2.75) is 26.3 Å². The number of H-pyrrole nitrogens is 2. The van der Waals surface area contributed by atoms with Gasteiger partial charge < -0.3 is 15.3 Å². The summed E-state index contributed by atoms with van der Waals surface area (Å²) in [7, 11) is 0. The van der Waals surface area contributed by atoms with E-state index in [4.69, 9.17) is 0 Å². The first-order valence-corrected chi connectivity index (χ1v) is 9.35. The smallest absolute Gasteiger partial charge is 0.323 e. The summed E-state index contributed by atoms with van der Waals surface area (Å²) in [5, 5.41) is 2.77. The van der Waals surface area contributed by atoms with Crippen LogP contribution in [0.2, 0.25) is 0 Å². The number of imidazole rings is 1. The molecule has 0 aliphatic carbocycles. The van der Waals surface area contributed by atoms with E-state index in [1.165, 1.54) is 0 Å². The van der Waals surface area contributed by atoms with Crippen LogP contribution in [0.4, 0.5) is 5.69 Å². The van der Waals surface area contributed by atoms with E-state index in [2.05, 4.69) is 15.3 Å². The number of hydrogen-bond donors (Lipinski definition) is 3. The van der Waals surface area contributed by atoms with E-state index >= 15 is 0 Å². The number of rotatable bonds is 5. The molecule has 29 heavy (non-hydrogen) atoms. The van der Waals surface area contributed by atoms with Crippen LogP contribution in [0, 0.1) is 5.92 Å². The van der Waals surface area contributed by atoms with Gasteiger partial charge in [0.25, 0.3) is 11.8 Å². The highest BCUT2D eigenvalue weighted by molar-refractivity contribution is 6.23. The van der Waals surface area contributed by atoms with Crippen molar-refractivity contribution in [2.75, 3.05) is 5.32 Å². The van der Waals surface area contributed by atoms with Crippen LogP contribution in [0.15, 0.2) is 47.3 Å². The van der Waals surface area contributed by atoms with Crippen molar-refractivity contribution in [1.29, 1.82) is 0 Å². The standard InChI is InChI=1S/C21H20N4O4/c1-11(2)9-17(25-19(27)13-5-3-4-6-14(13)20(25)28)18(26)22-12-7-8-15-16(10-12)24-21(29)23-15/h3-8,10-11,17H,9H2,1-2H3,(H,22,26)(H2,23,24,29). The second kappa shape index (κ2) is 7.05. The Kier molecular flexibility index (Phi) is 4.54. The first kappa shape index (κ1) is 18.7. The number of carbonyl (C=O) groups is 3. The van der Waals surface area contributed by atoms with Crippen molar-refractivity contribution in [3.63, 3.8) is 0 Å². The van der Waals surface area contributed by atoms with Crippen molar-refractivity contribution < 1.29 is 14.4 Å². The minimum atomic E-state index is -0.941. The number of nitrogens with zero attached hydrogens (tertiary/aromatic N) is 1. The summed E-state index contributed by atoms with van der Waals surface area (Å²) in [6, 6.07) is 10.6. The Morgan fingerprint density at radius 1 is 0.966 bits per heavy atom. The average molecular weight is 392 g/mol. The zero-order chi connectivity index (χ0) is 20.7. The van der Waals surface area contributed by atoms with Gasteiger partial charge in [0.05, 0.1) is 22.2 Å². The van der Waals surface area contributed by atoms with Gasteiger partial charge in [0.15, 0.2) is 0 Å². The molecule has 1 aliphatic rings. The molecule has 0 radical (unpaired) electrons. The van der Waals surface area contributed by atoms with E-state index in [0.29, 0.717) is 34.3 Å². The Labute approximate surface area is 165 Å². The molecule has 3 amide bonds. The predicted molar refractivity (Wildman–Crippen MR) is 108 cm³/mol. The van der Waals surface area contributed by atoms with Gasteiger partial charge in [-0.15, -0.1) is 0 Å². The van der Waals surface area contributed by atoms with Gasteiger partial charge in [-0.1, -0.05) is 26.0 Å². The third kappa shape index (κ3) is 3.33. The quantitative estimate of drug-likeness (QED) is 0.579. The molecule has 0 spiro atoms. The number of nitrogens with one attached hydrogen (secondary N) is 3. The third-order valence-electron chi connectivity index (χ3n) is 4.92. The summed E-state index contributed by atoms with van der Waals surface area (Å²) < 4.78 is 0. The van der Waals surface area contributed by atoms with Gasteiger partial charge in [-0.3, -0.25) is 19.3 Å². The van der Waals surface area contributed by atoms with Crippen molar-refractivity contribution in [2.24, 2.45) is 5.92 Å². The number of amides is 3. The van der Waals surface area contributed by atoms with Crippen molar-refractivity contribution in [3.05, 3.63) is 64.1 Å². The van der Waals surface area contributed by atoms with Gasteiger partial charge >= 0.3 is 5.69 Å². The molecule has 3 N–H and O–H groups in total. The van der Waals surface area contributed by atoms with Gasteiger partial charge in [-0.25, -0.2) is 4.79 Å². The van der Waals surface area contributed by atoms with Crippen LogP contribution in [0.25, 0.3) is 11.0 Å². The van der Waals surface area contributed by atoms with E-state index in [9.17, 15) is 19.2 Å². The fraction of sp³-hybridized carbons (Fsp3) is 0.238. The minimum absolute atomic E-state index is 0.0820. The molecule has 148 valence electrons. The van der Waals surface area contributed by atoms with Gasteiger partial charge in [0.2, 0.25) is 5.91 Å². The molecular formula is C21H20N4O4. The second-order valence-corrected chi connectivity index (χ2v) is 7.50. The molecule has 0 saturated carbocycles. The summed E-state index contributed by atoms with van der Waals surface area (Å²) in [6.45, 7) is 3.85. The highest BCUT2D eigenvalue weighted by atomic mass is 16.2. The predicted octanol–water partition coefficient (Wildman–Crippen LogP) is 2.51. The van der Waals surface area contributed by atoms with Crippen LogP contribution in [-0.2, 0) is 4.79 Å². The minimum Gasteiger partial charge on any atom is -0.324 e. The first-order chi connectivity index (χ1) is 13.8. The number of aromatic amines is 2. The maximum absolute atomic E-state index is 13.1. The largest absolute Gasteiger partial charge is 0.324 e. The molecule has 3 aromatic rings. The van der Waals surface area contributed by atoms with Crippen LogP contribution < -0.4 is 11.0 Å². The summed E-state index contributed by atoms with van der Waals surface area (Å²) in [4.78, 5) is 56.5. The highest BCUT2D eigenvalue weighted by Gasteiger charge is 2.42. The van der Waals surface area contributed by atoms with E-state index in [0.717, 1.165) is 4.90 Å². The molecule has 0 bridgehead atoms. The van der Waals surface area contributed by atoms with Gasteiger partial charge in [0, 0.05) is 5.69 Å². The maximum Gasteiger partial charge on any atom is 0.323 e. The summed E-state index contributed by atoms with van der Waals surface area (Å²) in [5.41, 5.74) is 1.91. The molecule has 1 atom stereocenters. The van der Waals surface area contributed by atoms with Crippen LogP contribution in [0.3, 0.4) is 0 Å². The lowest BCUT2D eigenvalue weighted by molar-refractivity contribution is -0.120. The highest BCUT2D eigenvalue weighted by Crippen LogP contribution is 2.27. The number of anilines is 1. The molecule has 0 saturated heterocycles. The average Bonchev–Trinajstić information content (AvgIpc) is 3.16. The number of fused-ring (bicyclic) bond motifs is 2. The third-order valence-corrected chi connectivity index (χ3v) is 4.92. The molecule has 0 fully saturated rings. The molecule has 4 rings (SSSR count). The SMILES string of the molecule is CC(C)CC(C(=O)Nc1ccc2[nH]c(=O)[nH]c2c1)N1C(=O)c2ccccc2C1=O. The molecule has 1 aromatic heterocycles. The summed E-state index contributed by atoms with van der Waals surface area (Å²) >= 11 is 0. The first-order valence-electron chi connectivity index (χ1n) is 9.35. The van der Waals surface area contributed by atoms with Crippen LogP contribution in [0.5, 0.6) is 0 Å². The fourth-order valence-corrected chi connectivity index (χ4v) is 3.60. The Hall–Kier alpha value is -3.68. The van der Waals surface area contributed by atoms with E-state index in [1.54, 1.807) is 42.5 Å². The van der Waals surface area contributed by atoms with E-state index in [1.807, 2.05) is 13.8 Å².